The van der Waals surface area contributed by atoms with Crippen molar-refractivity contribution >= 4 is 5.78 Å². The maximum Gasteiger partial charge on any atom is 0.208 e. The SMILES string of the molecule is C=C(C)C1(OC)C(=O)C(CCCC)=C1OC(C)C. The Morgan fingerprint density at radius 2 is 2.06 bits per heavy atom. The summed E-state index contributed by atoms with van der Waals surface area (Å²) in [5, 5.41) is 0. The Labute approximate surface area is 110 Å². The molecule has 0 spiro atoms. The van der Waals surface area contributed by atoms with Crippen molar-refractivity contribution in [1.82, 2.24) is 0 Å². The van der Waals surface area contributed by atoms with E-state index in [9.17, 15) is 4.79 Å². The molecule has 1 aliphatic rings. The van der Waals surface area contributed by atoms with Gasteiger partial charge in [0.15, 0.2) is 0 Å². The van der Waals surface area contributed by atoms with E-state index < -0.39 is 5.60 Å². The molecule has 18 heavy (non-hydrogen) atoms. The highest BCUT2D eigenvalue weighted by molar-refractivity contribution is 6.14. The molecule has 1 atom stereocenters. The third kappa shape index (κ3) is 2.24. The Balaban J connectivity index is 3.11. The number of carbonyl (C=O) groups is 1. The second kappa shape index (κ2) is 5.70. The van der Waals surface area contributed by atoms with Gasteiger partial charge < -0.3 is 9.47 Å². The quantitative estimate of drug-likeness (QED) is 0.651. The summed E-state index contributed by atoms with van der Waals surface area (Å²) in [6.07, 6.45) is 2.83. The highest BCUT2D eigenvalue weighted by atomic mass is 16.6. The van der Waals surface area contributed by atoms with Gasteiger partial charge in [-0.3, -0.25) is 4.79 Å². The van der Waals surface area contributed by atoms with Crippen molar-refractivity contribution in [3.63, 3.8) is 0 Å². The maximum atomic E-state index is 12.3. The zero-order chi connectivity index (χ0) is 13.9. The molecule has 0 heterocycles. The van der Waals surface area contributed by atoms with Crippen LogP contribution in [0.1, 0.15) is 47.0 Å². The number of Topliss-reactive ketones (excluding diaryl/α,β-unsaturated/α-hetero) is 1. The Morgan fingerprint density at radius 1 is 1.44 bits per heavy atom. The second-order valence-corrected chi connectivity index (χ2v) is 5.07. The van der Waals surface area contributed by atoms with Gasteiger partial charge in [-0.25, -0.2) is 0 Å². The molecule has 1 unspecified atom stereocenters. The van der Waals surface area contributed by atoms with Gasteiger partial charge in [0, 0.05) is 12.7 Å². The molecule has 0 saturated heterocycles. The zero-order valence-corrected chi connectivity index (χ0v) is 12.1. The molecule has 0 radical (unpaired) electrons. The first-order valence-electron chi connectivity index (χ1n) is 6.58. The van der Waals surface area contributed by atoms with Crippen molar-refractivity contribution in [2.24, 2.45) is 0 Å². The van der Waals surface area contributed by atoms with Crippen LogP contribution in [0.25, 0.3) is 0 Å². The van der Waals surface area contributed by atoms with Crippen molar-refractivity contribution in [3.8, 4) is 0 Å². The first-order chi connectivity index (χ1) is 8.41. The number of ether oxygens (including phenoxy) is 2. The molecular formula is C15H24O3. The molecule has 3 nitrogen and oxygen atoms in total. The lowest BCUT2D eigenvalue weighted by atomic mass is 9.71. The number of rotatable bonds is 7. The van der Waals surface area contributed by atoms with E-state index in [1.165, 1.54) is 7.11 Å². The van der Waals surface area contributed by atoms with Crippen LogP contribution in [0.15, 0.2) is 23.5 Å². The van der Waals surface area contributed by atoms with Gasteiger partial charge in [0.05, 0.1) is 6.10 Å². The molecule has 0 aromatic carbocycles. The first-order valence-corrected chi connectivity index (χ1v) is 6.58. The Kier molecular flexibility index (Phi) is 4.74. The minimum Gasteiger partial charge on any atom is -0.491 e. The highest BCUT2D eigenvalue weighted by Gasteiger charge is 2.56. The van der Waals surface area contributed by atoms with Crippen molar-refractivity contribution in [3.05, 3.63) is 23.5 Å². The van der Waals surface area contributed by atoms with Crippen LogP contribution < -0.4 is 0 Å². The molecule has 0 saturated carbocycles. The number of ketones is 1. The molecule has 0 aliphatic heterocycles. The van der Waals surface area contributed by atoms with E-state index in [4.69, 9.17) is 9.47 Å². The number of carbonyl (C=O) groups excluding carboxylic acids is 1. The van der Waals surface area contributed by atoms with Crippen LogP contribution in [-0.2, 0) is 14.3 Å². The van der Waals surface area contributed by atoms with Gasteiger partial charge in [-0.15, -0.1) is 0 Å². The van der Waals surface area contributed by atoms with Crippen LogP contribution >= 0.6 is 0 Å². The summed E-state index contributed by atoms with van der Waals surface area (Å²) < 4.78 is 11.2. The summed E-state index contributed by atoms with van der Waals surface area (Å²) >= 11 is 0. The number of hydrogen-bond acceptors (Lipinski definition) is 3. The number of methoxy groups -OCH3 is 1. The fraction of sp³-hybridized carbons (Fsp3) is 0.667. The molecule has 1 rings (SSSR count). The average molecular weight is 252 g/mol. The van der Waals surface area contributed by atoms with Gasteiger partial charge in [-0.05, 0) is 39.2 Å². The normalized spacial score (nSPS) is 23.3. The molecular weight excluding hydrogens is 228 g/mol. The van der Waals surface area contributed by atoms with E-state index in [1.54, 1.807) is 0 Å². The van der Waals surface area contributed by atoms with Gasteiger partial charge in [0.1, 0.15) is 5.76 Å². The van der Waals surface area contributed by atoms with Crippen LogP contribution in [-0.4, -0.2) is 24.6 Å². The minimum atomic E-state index is -1.03. The van der Waals surface area contributed by atoms with Gasteiger partial charge in [0.25, 0.3) is 0 Å². The molecule has 0 fully saturated rings. The lowest BCUT2D eigenvalue weighted by Gasteiger charge is -2.43. The number of unbranched alkanes of at least 4 members (excludes halogenated alkanes) is 1. The van der Waals surface area contributed by atoms with E-state index in [2.05, 4.69) is 13.5 Å². The van der Waals surface area contributed by atoms with Gasteiger partial charge in [-0.2, -0.15) is 0 Å². The van der Waals surface area contributed by atoms with Crippen molar-refractivity contribution < 1.29 is 14.3 Å². The fourth-order valence-electron chi connectivity index (χ4n) is 2.29. The van der Waals surface area contributed by atoms with Gasteiger partial charge in [0.2, 0.25) is 11.4 Å². The predicted octanol–water partition coefficient (Wildman–Crippen LogP) is 3.40. The predicted molar refractivity (Wildman–Crippen MR) is 72.3 cm³/mol. The topological polar surface area (TPSA) is 35.5 Å². The van der Waals surface area contributed by atoms with E-state index in [-0.39, 0.29) is 11.9 Å². The molecule has 0 amide bonds. The maximum absolute atomic E-state index is 12.3. The summed E-state index contributed by atoms with van der Waals surface area (Å²) in [7, 11) is 1.53. The molecule has 0 N–H and O–H groups in total. The van der Waals surface area contributed by atoms with E-state index in [1.807, 2.05) is 20.8 Å². The van der Waals surface area contributed by atoms with Gasteiger partial charge in [-0.1, -0.05) is 19.9 Å². The largest absolute Gasteiger partial charge is 0.491 e. The lowest BCUT2D eigenvalue weighted by Crippen LogP contribution is -2.54. The average Bonchev–Trinajstić information content (AvgIpc) is 2.29. The van der Waals surface area contributed by atoms with E-state index in [0.717, 1.165) is 24.8 Å². The van der Waals surface area contributed by atoms with E-state index >= 15 is 0 Å². The van der Waals surface area contributed by atoms with Crippen molar-refractivity contribution in [2.45, 2.75) is 58.7 Å². The summed E-state index contributed by atoms with van der Waals surface area (Å²) in [4.78, 5) is 12.3. The molecule has 0 aromatic heterocycles. The van der Waals surface area contributed by atoms with Crippen LogP contribution in [0.3, 0.4) is 0 Å². The van der Waals surface area contributed by atoms with Crippen molar-refractivity contribution in [2.75, 3.05) is 7.11 Å². The Bertz CT molecular complexity index is 379. The zero-order valence-electron chi connectivity index (χ0n) is 12.1. The van der Waals surface area contributed by atoms with Crippen LogP contribution in [0, 0.1) is 0 Å². The van der Waals surface area contributed by atoms with Crippen molar-refractivity contribution in [1.29, 1.82) is 0 Å². The van der Waals surface area contributed by atoms with Gasteiger partial charge >= 0.3 is 0 Å². The highest BCUT2D eigenvalue weighted by Crippen LogP contribution is 2.45. The monoisotopic (exact) mass is 252 g/mol. The molecule has 0 aromatic rings. The third-order valence-electron chi connectivity index (χ3n) is 3.23. The summed E-state index contributed by atoms with van der Waals surface area (Å²) in [6, 6.07) is 0. The Morgan fingerprint density at radius 3 is 2.44 bits per heavy atom. The smallest absolute Gasteiger partial charge is 0.208 e. The second-order valence-electron chi connectivity index (χ2n) is 5.07. The fourth-order valence-corrected chi connectivity index (χ4v) is 2.29. The third-order valence-corrected chi connectivity index (χ3v) is 3.23. The lowest BCUT2D eigenvalue weighted by molar-refractivity contribution is -0.141. The summed E-state index contributed by atoms with van der Waals surface area (Å²) in [6.45, 7) is 11.7. The molecule has 0 bridgehead atoms. The molecule has 1 aliphatic carbocycles. The standard InChI is InChI=1S/C15H24O3/c1-7-8-9-12-13(16)15(17-6,10(2)3)14(12)18-11(4)5/h11H,2,7-9H2,1,3-6H3. The van der Waals surface area contributed by atoms with Crippen LogP contribution in [0.2, 0.25) is 0 Å². The minimum absolute atomic E-state index is 0.0154. The number of hydrogen-bond donors (Lipinski definition) is 0. The first kappa shape index (κ1) is 15.0. The summed E-state index contributed by atoms with van der Waals surface area (Å²) in [5.74, 6) is 0.688. The van der Waals surface area contributed by atoms with Crippen LogP contribution in [0.5, 0.6) is 0 Å². The van der Waals surface area contributed by atoms with E-state index in [0.29, 0.717) is 11.3 Å². The Hall–Kier alpha value is -1.09. The molecule has 102 valence electrons. The molecule has 3 heteroatoms. The van der Waals surface area contributed by atoms with Crippen LogP contribution in [0.4, 0.5) is 0 Å². The summed E-state index contributed by atoms with van der Waals surface area (Å²) in [5.41, 5.74) is 0.425.